The van der Waals surface area contributed by atoms with Crippen LogP contribution < -0.4 is 22.0 Å². The van der Waals surface area contributed by atoms with Gasteiger partial charge in [-0.2, -0.15) is 5.10 Å². The van der Waals surface area contributed by atoms with Crippen LogP contribution in [0.2, 0.25) is 0 Å². The predicted molar refractivity (Wildman–Crippen MR) is 114 cm³/mol. The highest BCUT2D eigenvalue weighted by atomic mass is 16.3. The molecule has 30 heavy (non-hydrogen) atoms. The summed E-state index contributed by atoms with van der Waals surface area (Å²) in [7, 11) is 0. The number of H-pyrrole nitrogens is 1. The molecule has 9 nitrogen and oxygen atoms in total. The Balaban J connectivity index is 1.96. The van der Waals surface area contributed by atoms with E-state index in [1.54, 1.807) is 55.5 Å². The zero-order chi connectivity index (χ0) is 21.7. The van der Waals surface area contributed by atoms with Crippen LogP contribution in [0.15, 0.2) is 69.3 Å². The van der Waals surface area contributed by atoms with Gasteiger partial charge in [-0.3, -0.25) is 9.78 Å². The van der Waals surface area contributed by atoms with Crippen LogP contribution >= 0.6 is 0 Å². The highest BCUT2D eigenvalue weighted by molar-refractivity contribution is 6.02. The van der Waals surface area contributed by atoms with Gasteiger partial charge in [-0.1, -0.05) is 42.8 Å². The molecule has 0 atom stereocenters. The van der Waals surface area contributed by atoms with E-state index in [2.05, 4.69) is 20.8 Å². The SMILES string of the molecule is CC/C(=N\NC(=O)Nc1ccccc1)c1c(O)n(-c2ccc(C)cc2)c(=O)[nH]c1=O. The number of aryl methyl sites for hydroxylation is 1. The van der Waals surface area contributed by atoms with Crippen LogP contribution in [-0.4, -0.2) is 26.4 Å². The number of hydrogen-bond donors (Lipinski definition) is 4. The van der Waals surface area contributed by atoms with E-state index in [0.717, 1.165) is 10.1 Å². The van der Waals surface area contributed by atoms with Gasteiger partial charge < -0.3 is 10.4 Å². The molecule has 1 aromatic heterocycles. The van der Waals surface area contributed by atoms with E-state index in [9.17, 15) is 19.5 Å². The van der Waals surface area contributed by atoms with Crippen molar-refractivity contribution in [3.8, 4) is 11.6 Å². The first-order chi connectivity index (χ1) is 14.4. The van der Waals surface area contributed by atoms with E-state index >= 15 is 0 Å². The molecule has 2 aromatic carbocycles. The number of benzene rings is 2. The molecular formula is C21H21N5O4. The Kier molecular flexibility index (Phi) is 6.11. The first-order valence-electron chi connectivity index (χ1n) is 9.25. The van der Waals surface area contributed by atoms with Gasteiger partial charge in [0.05, 0.1) is 11.4 Å². The monoisotopic (exact) mass is 407 g/mol. The van der Waals surface area contributed by atoms with Crippen molar-refractivity contribution >= 4 is 17.4 Å². The number of nitrogens with one attached hydrogen (secondary N) is 3. The van der Waals surface area contributed by atoms with Crippen molar-refractivity contribution in [1.82, 2.24) is 15.0 Å². The third-order valence-corrected chi connectivity index (χ3v) is 4.33. The third kappa shape index (κ3) is 4.46. The van der Waals surface area contributed by atoms with Gasteiger partial charge in [-0.25, -0.2) is 19.6 Å². The number of aromatic nitrogens is 2. The molecule has 0 spiro atoms. The van der Waals surface area contributed by atoms with Gasteiger partial charge in [0.2, 0.25) is 5.88 Å². The van der Waals surface area contributed by atoms with E-state index in [0.29, 0.717) is 11.4 Å². The minimum absolute atomic E-state index is 0.109. The highest BCUT2D eigenvalue weighted by Gasteiger charge is 2.19. The molecule has 0 bridgehead atoms. The second-order valence-corrected chi connectivity index (χ2v) is 6.47. The van der Waals surface area contributed by atoms with Crippen LogP contribution in [0.1, 0.15) is 24.5 Å². The van der Waals surface area contributed by atoms with Gasteiger partial charge in [-0.05, 0) is 37.6 Å². The summed E-state index contributed by atoms with van der Waals surface area (Å²) in [5.74, 6) is -0.557. The fourth-order valence-corrected chi connectivity index (χ4v) is 2.83. The Morgan fingerprint density at radius 2 is 1.77 bits per heavy atom. The van der Waals surface area contributed by atoms with Gasteiger partial charge >= 0.3 is 11.7 Å². The molecule has 2 amide bonds. The number of carbonyl (C=O) groups is 1. The number of hydrogen-bond acceptors (Lipinski definition) is 5. The van der Waals surface area contributed by atoms with Crippen molar-refractivity contribution < 1.29 is 9.90 Å². The number of aromatic hydroxyl groups is 1. The molecule has 0 saturated heterocycles. The van der Waals surface area contributed by atoms with Crippen LogP contribution in [0.5, 0.6) is 5.88 Å². The van der Waals surface area contributed by atoms with Gasteiger partial charge in [0.25, 0.3) is 5.56 Å². The van der Waals surface area contributed by atoms with E-state index in [-0.39, 0.29) is 17.7 Å². The summed E-state index contributed by atoms with van der Waals surface area (Å²) in [5, 5.41) is 17.3. The fourth-order valence-electron chi connectivity index (χ4n) is 2.83. The normalized spacial score (nSPS) is 11.2. The summed E-state index contributed by atoms with van der Waals surface area (Å²) in [6.45, 7) is 3.59. The number of amides is 2. The summed E-state index contributed by atoms with van der Waals surface area (Å²) in [6, 6.07) is 15.0. The average molecular weight is 407 g/mol. The van der Waals surface area contributed by atoms with Crippen molar-refractivity contribution in [3.05, 3.63) is 86.6 Å². The molecule has 154 valence electrons. The van der Waals surface area contributed by atoms with Crippen LogP contribution in [0.3, 0.4) is 0 Å². The standard InChI is InChI=1S/C21H21N5O4/c1-3-16(24-25-20(29)22-14-7-5-4-6-8-14)17-18(27)23-21(30)26(19(17)28)15-11-9-13(2)10-12-15/h4-12,28H,3H2,1-2H3,(H2,22,25,29)(H,23,27,30)/b24-16+. The molecule has 0 aliphatic carbocycles. The van der Waals surface area contributed by atoms with Crippen molar-refractivity contribution in [1.29, 1.82) is 0 Å². The van der Waals surface area contributed by atoms with Crippen molar-refractivity contribution in [2.45, 2.75) is 20.3 Å². The minimum Gasteiger partial charge on any atom is -0.493 e. The molecule has 0 aliphatic rings. The van der Waals surface area contributed by atoms with Gasteiger partial charge in [0.1, 0.15) is 5.56 Å². The van der Waals surface area contributed by atoms with Crippen LogP contribution in [0.4, 0.5) is 10.5 Å². The van der Waals surface area contributed by atoms with Crippen molar-refractivity contribution in [2.75, 3.05) is 5.32 Å². The van der Waals surface area contributed by atoms with Crippen molar-refractivity contribution in [3.63, 3.8) is 0 Å². The van der Waals surface area contributed by atoms with Gasteiger partial charge in [0.15, 0.2) is 0 Å². The number of urea groups is 1. The number of nitrogens with zero attached hydrogens (tertiary/aromatic N) is 2. The number of aromatic amines is 1. The molecule has 1 heterocycles. The number of anilines is 1. The summed E-state index contributed by atoms with van der Waals surface area (Å²) in [4.78, 5) is 39.0. The topological polar surface area (TPSA) is 129 Å². The molecule has 3 aromatic rings. The van der Waals surface area contributed by atoms with Crippen LogP contribution in [0.25, 0.3) is 5.69 Å². The zero-order valence-corrected chi connectivity index (χ0v) is 16.5. The number of para-hydroxylation sites is 1. The van der Waals surface area contributed by atoms with E-state index in [4.69, 9.17) is 0 Å². The first kappa shape index (κ1) is 20.6. The summed E-state index contributed by atoms with van der Waals surface area (Å²) < 4.78 is 0.978. The summed E-state index contributed by atoms with van der Waals surface area (Å²) >= 11 is 0. The lowest BCUT2D eigenvalue weighted by molar-refractivity contribution is 0.252. The molecule has 0 aliphatic heterocycles. The Morgan fingerprint density at radius 3 is 2.40 bits per heavy atom. The van der Waals surface area contributed by atoms with E-state index < -0.39 is 23.2 Å². The molecule has 9 heteroatoms. The second-order valence-electron chi connectivity index (χ2n) is 6.47. The van der Waals surface area contributed by atoms with Gasteiger partial charge in [-0.15, -0.1) is 0 Å². The summed E-state index contributed by atoms with van der Waals surface area (Å²) in [5.41, 5.74) is 2.55. The van der Waals surface area contributed by atoms with E-state index in [1.807, 2.05) is 13.0 Å². The molecule has 4 N–H and O–H groups in total. The lowest BCUT2D eigenvalue weighted by Gasteiger charge is -2.12. The van der Waals surface area contributed by atoms with Crippen LogP contribution in [0, 0.1) is 6.92 Å². The number of carbonyl (C=O) groups excluding carboxylic acids is 1. The molecule has 0 radical (unpaired) electrons. The number of rotatable bonds is 5. The largest absolute Gasteiger partial charge is 0.493 e. The molecule has 0 unspecified atom stereocenters. The maximum Gasteiger partial charge on any atom is 0.339 e. The Hall–Kier alpha value is -4.14. The Morgan fingerprint density at radius 1 is 1.10 bits per heavy atom. The molecule has 0 saturated carbocycles. The summed E-state index contributed by atoms with van der Waals surface area (Å²) in [6.07, 6.45) is 0.217. The fraction of sp³-hybridized carbons (Fsp3) is 0.143. The molecule has 0 fully saturated rings. The predicted octanol–water partition coefficient (Wildman–Crippen LogP) is 2.48. The Labute approximate surface area is 171 Å². The van der Waals surface area contributed by atoms with Gasteiger partial charge in [0, 0.05) is 5.69 Å². The quantitative estimate of drug-likeness (QED) is 0.382. The second kappa shape index (κ2) is 8.91. The van der Waals surface area contributed by atoms with Crippen LogP contribution in [-0.2, 0) is 0 Å². The average Bonchev–Trinajstić information content (AvgIpc) is 2.72. The Bertz CT molecular complexity index is 1190. The third-order valence-electron chi connectivity index (χ3n) is 4.33. The maximum atomic E-state index is 12.4. The maximum absolute atomic E-state index is 12.4. The highest BCUT2D eigenvalue weighted by Crippen LogP contribution is 2.18. The zero-order valence-electron chi connectivity index (χ0n) is 16.5. The minimum atomic E-state index is -0.799. The number of hydrazone groups is 1. The first-order valence-corrected chi connectivity index (χ1v) is 9.25. The lowest BCUT2D eigenvalue weighted by atomic mass is 10.1. The molecular weight excluding hydrogens is 386 g/mol. The lowest BCUT2D eigenvalue weighted by Crippen LogP contribution is -2.34. The molecule has 3 rings (SSSR count). The van der Waals surface area contributed by atoms with Crippen molar-refractivity contribution in [2.24, 2.45) is 5.10 Å². The van der Waals surface area contributed by atoms with E-state index in [1.165, 1.54) is 0 Å². The smallest absolute Gasteiger partial charge is 0.339 e.